The number of aromatic nitrogens is 1. The second-order valence-electron chi connectivity index (χ2n) is 6.74. The summed E-state index contributed by atoms with van der Waals surface area (Å²) in [4.78, 5) is 17.7. The van der Waals surface area contributed by atoms with E-state index in [0.717, 1.165) is 20.0 Å². The van der Waals surface area contributed by atoms with Crippen molar-refractivity contribution in [2.24, 2.45) is 0 Å². The van der Waals surface area contributed by atoms with Crippen molar-refractivity contribution in [3.8, 4) is 17.0 Å². The van der Waals surface area contributed by atoms with Crippen LogP contribution in [0.5, 0.6) is 5.75 Å². The molecule has 4 rings (SSSR count). The Morgan fingerprint density at radius 2 is 1.85 bits per heavy atom. The van der Waals surface area contributed by atoms with Gasteiger partial charge < -0.3 is 4.74 Å². The summed E-state index contributed by atoms with van der Waals surface area (Å²) >= 11 is 2.21. The molecule has 168 valence electrons. The molecule has 10 heteroatoms. The number of nitrogens with one attached hydrogen (secondary N) is 1. The van der Waals surface area contributed by atoms with Crippen LogP contribution in [0.3, 0.4) is 0 Å². The standard InChI is InChI=1S/C23H18BrN3O4S2/c1-31-18-11-12-19(21(13-18)27(33(29)30)17-9-7-16(24)8-10-17)22(28)26-23-25-20(14-32-23)15-5-3-2-4-6-15/h2-14H,1H3,(H,29,30)(H,25,26,28). The third-order valence-electron chi connectivity index (χ3n) is 4.68. The second kappa shape index (κ2) is 10.3. The summed E-state index contributed by atoms with van der Waals surface area (Å²) < 4.78 is 29.7. The Kier molecular flexibility index (Phi) is 7.19. The van der Waals surface area contributed by atoms with E-state index in [0.29, 0.717) is 16.6 Å². The molecule has 0 spiro atoms. The lowest BCUT2D eigenvalue weighted by atomic mass is 10.1. The van der Waals surface area contributed by atoms with Gasteiger partial charge in [0.15, 0.2) is 5.13 Å². The molecular weight excluding hydrogens is 526 g/mol. The predicted molar refractivity (Wildman–Crippen MR) is 136 cm³/mol. The fourth-order valence-electron chi connectivity index (χ4n) is 3.13. The SMILES string of the molecule is COc1ccc(C(=O)Nc2nc(-c3ccccc3)cs2)c(N(c2ccc(Br)cc2)S(=O)O)c1. The first-order chi connectivity index (χ1) is 16.0. The third-order valence-corrected chi connectivity index (χ3v) is 6.69. The monoisotopic (exact) mass is 543 g/mol. The minimum Gasteiger partial charge on any atom is -0.497 e. The molecule has 1 amide bonds. The number of carbonyl (C=O) groups excluding carboxylic acids is 1. The van der Waals surface area contributed by atoms with E-state index in [1.807, 2.05) is 35.7 Å². The fourth-order valence-corrected chi connectivity index (χ4v) is 4.73. The second-order valence-corrected chi connectivity index (χ2v) is 9.34. The number of hydrogen-bond acceptors (Lipinski definition) is 5. The molecule has 0 fully saturated rings. The largest absolute Gasteiger partial charge is 0.497 e. The molecule has 1 heterocycles. The molecule has 1 aromatic heterocycles. The van der Waals surface area contributed by atoms with Gasteiger partial charge in [-0.05, 0) is 36.4 Å². The first kappa shape index (κ1) is 23.1. The van der Waals surface area contributed by atoms with E-state index in [1.165, 1.54) is 18.4 Å². The van der Waals surface area contributed by atoms with Gasteiger partial charge in [-0.3, -0.25) is 14.7 Å². The first-order valence-electron chi connectivity index (χ1n) is 9.63. The van der Waals surface area contributed by atoms with Gasteiger partial charge in [-0.25, -0.2) is 13.5 Å². The normalized spacial score (nSPS) is 11.6. The van der Waals surface area contributed by atoms with Crippen molar-refractivity contribution >= 4 is 60.9 Å². The number of hydrogen-bond donors (Lipinski definition) is 2. The van der Waals surface area contributed by atoms with Crippen LogP contribution in [-0.2, 0) is 11.3 Å². The highest BCUT2D eigenvalue weighted by atomic mass is 79.9. The van der Waals surface area contributed by atoms with Crippen LogP contribution in [0, 0.1) is 0 Å². The van der Waals surface area contributed by atoms with Gasteiger partial charge in [0.25, 0.3) is 17.2 Å². The lowest BCUT2D eigenvalue weighted by Crippen LogP contribution is -2.23. The summed E-state index contributed by atoms with van der Waals surface area (Å²) in [5, 5.41) is 5.07. The molecule has 3 aromatic carbocycles. The van der Waals surface area contributed by atoms with E-state index < -0.39 is 17.2 Å². The molecule has 0 radical (unpaired) electrons. The Labute approximate surface area is 205 Å². The van der Waals surface area contributed by atoms with Gasteiger partial charge in [-0.1, -0.05) is 46.3 Å². The summed E-state index contributed by atoms with van der Waals surface area (Å²) in [6.07, 6.45) is 0. The average Bonchev–Trinajstić information content (AvgIpc) is 3.29. The van der Waals surface area contributed by atoms with Crippen molar-refractivity contribution in [3.05, 3.63) is 88.2 Å². The molecule has 0 saturated heterocycles. The van der Waals surface area contributed by atoms with Crippen LogP contribution >= 0.6 is 27.3 Å². The van der Waals surface area contributed by atoms with Crippen LogP contribution in [0.4, 0.5) is 16.5 Å². The van der Waals surface area contributed by atoms with Gasteiger partial charge in [-0.2, -0.15) is 0 Å². The minimum atomic E-state index is -2.45. The van der Waals surface area contributed by atoms with Crippen molar-refractivity contribution in [2.45, 2.75) is 0 Å². The summed E-state index contributed by atoms with van der Waals surface area (Å²) in [6, 6.07) is 21.2. The number of benzene rings is 3. The zero-order chi connectivity index (χ0) is 23.4. The van der Waals surface area contributed by atoms with Gasteiger partial charge in [-0.15, -0.1) is 11.3 Å². The van der Waals surface area contributed by atoms with Crippen molar-refractivity contribution in [3.63, 3.8) is 0 Å². The summed E-state index contributed by atoms with van der Waals surface area (Å²) in [5.41, 5.74) is 2.53. The molecule has 0 bridgehead atoms. The smallest absolute Gasteiger partial charge is 0.266 e. The number of nitrogens with zero attached hydrogens (tertiary/aromatic N) is 2. The zero-order valence-electron chi connectivity index (χ0n) is 17.3. The molecule has 0 aliphatic rings. The Hall–Kier alpha value is -3.05. The van der Waals surface area contributed by atoms with Crippen LogP contribution in [0.15, 0.2) is 82.6 Å². The number of amides is 1. The number of ether oxygens (including phenoxy) is 1. The highest BCUT2D eigenvalue weighted by molar-refractivity contribution is 9.10. The summed E-state index contributed by atoms with van der Waals surface area (Å²) in [7, 11) is 1.49. The summed E-state index contributed by atoms with van der Waals surface area (Å²) in [6.45, 7) is 0. The highest BCUT2D eigenvalue weighted by Crippen LogP contribution is 2.34. The number of thiazole rings is 1. The van der Waals surface area contributed by atoms with E-state index in [4.69, 9.17) is 4.74 Å². The van der Waals surface area contributed by atoms with Gasteiger partial charge in [0, 0.05) is 21.5 Å². The van der Waals surface area contributed by atoms with Gasteiger partial charge in [0.1, 0.15) is 5.75 Å². The van der Waals surface area contributed by atoms with E-state index >= 15 is 0 Å². The number of rotatable bonds is 7. The van der Waals surface area contributed by atoms with E-state index in [2.05, 4.69) is 26.2 Å². The quantitative estimate of drug-likeness (QED) is 0.274. The van der Waals surface area contributed by atoms with Crippen LogP contribution < -0.4 is 14.4 Å². The molecule has 2 N–H and O–H groups in total. The molecule has 0 aliphatic heterocycles. The maximum atomic E-state index is 13.2. The van der Waals surface area contributed by atoms with Crippen molar-refractivity contribution in [2.75, 3.05) is 16.7 Å². The topological polar surface area (TPSA) is 91.8 Å². The summed E-state index contributed by atoms with van der Waals surface area (Å²) in [5.74, 6) is -0.0242. The molecule has 0 aliphatic carbocycles. The molecule has 1 unspecified atom stereocenters. The lowest BCUT2D eigenvalue weighted by molar-refractivity contribution is 0.102. The van der Waals surface area contributed by atoms with Gasteiger partial charge in [0.05, 0.1) is 29.7 Å². The van der Waals surface area contributed by atoms with Crippen LogP contribution in [-0.4, -0.2) is 26.8 Å². The molecule has 4 aromatic rings. The maximum absolute atomic E-state index is 13.2. The molecule has 0 saturated carbocycles. The molecule has 1 atom stereocenters. The van der Waals surface area contributed by atoms with Crippen LogP contribution in [0.1, 0.15) is 10.4 Å². The van der Waals surface area contributed by atoms with Crippen LogP contribution in [0.25, 0.3) is 11.3 Å². The Bertz CT molecular complexity index is 1300. The van der Waals surface area contributed by atoms with Crippen molar-refractivity contribution in [1.82, 2.24) is 4.98 Å². The van der Waals surface area contributed by atoms with E-state index in [-0.39, 0.29) is 11.3 Å². The van der Waals surface area contributed by atoms with Gasteiger partial charge in [0.2, 0.25) is 0 Å². The average molecular weight is 544 g/mol. The Balaban J connectivity index is 1.69. The zero-order valence-corrected chi connectivity index (χ0v) is 20.5. The number of carbonyl (C=O) groups is 1. The predicted octanol–water partition coefficient (Wildman–Crippen LogP) is 6.11. The molecule has 33 heavy (non-hydrogen) atoms. The van der Waals surface area contributed by atoms with E-state index in [9.17, 15) is 13.6 Å². The molecular formula is C23H18BrN3O4S2. The van der Waals surface area contributed by atoms with Gasteiger partial charge >= 0.3 is 0 Å². The number of anilines is 3. The maximum Gasteiger partial charge on any atom is 0.266 e. The Morgan fingerprint density at radius 1 is 1.12 bits per heavy atom. The number of methoxy groups -OCH3 is 1. The number of halogens is 1. The van der Waals surface area contributed by atoms with Crippen molar-refractivity contribution < 1.29 is 18.3 Å². The van der Waals surface area contributed by atoms with Crippen molar-refractivity contribution in [1.29, 1.82) is 0 Å². The fraction of sp³-hybridized carbons (Fsp3) is 0.0435. The molecule has 7 nitrogen and oxygen atoms in total. The first-order valence-corrected chi connectivity index (χ1v) is 12.4. The minimum absolute atomic E-state index is 0.192. The third kappa shape index (κ3) is 5.31. The Morgan fingerprint density at radius 3 is 2.52 bits per heavy atom. The van der Waals surface area contributed by atoms with E-state index in [1.54, 1.807) is 42.5 Å². The lowest BCUT2D eigenvalue weighted by Gasteiger charge is -2.23. The highest BCUT2D eigenvalue weighted by Gasteiger charge is 2.24. The van der Waals surface area contributed by atoms with Crippen LogP contribution in [0.2, 0.25) is 0 Å².